The van der Waals surface area contributed by atoms with Gasteiger partial charge in [-0.25, -0.2) is 0 Å². The maximum absolute atomic E-state index is 6.53. The molecule has 0 saturated carbocycles. The smallest absolute Gasteiger partial charge is 0.134 e. The summed E-state index contributed by atoms with van der Waals surface area (Å²) >= 11 is 0. The number of aryl methyl sites for hydroxylation is 2. The number of rotatable bonds is 8. The highest BCUT2D eigenvalue weighted by Crippen LogP contribution is 2.37. The first-order chi connectivity index (χ1) is 17.1. The molecular formula is C33H32O2. The summed E-state index contributed by atoms with van der Waals surface area (Å²) in [5, 5.41) is 0. The van der Waals surface area contributed by atoms with Gasteiger partial charge in [0.25, 0.3) is 0 Å². The van der Waals surface area contributed by atoms with E-state index in [1.54, 1.807) is 0 Å². The van der Waals surface area contributed by atoms with E-state index in [2.05, 4.69) is 74.5 Å². The number of benzene rings is 4. The molecule has 4 aromatic carbocycles. The van der Waals surface area contributed by atoms with Crippen LogP contribution in [0.25, 0.3) is 12.2 Å². The summed E-state index contributed by atoms with van der Waals surface area (Å²) in [7, 11) is 0. The number of hydrogen-bond acceptors (Lipinski definition) is 2. The lowest BCUT2D eigenvalue weighted by molar-refractivity contribution is 0.466. The summed E-state index contributed by atoms with van der Waals surface area (Å²) in [5.41, 5.74) is 6.57. The van der Waals surface area contributed by atoms with Crippen LogP contribution >= 0.6 is 0 Å². The van der Waals surface area contributed by atoms with Crippen molar-refractivity contribution in [3.05, 3.63) is 130 Å². The predicted octanol–water partition coefficient (Wildman–Crippen LogP) is 9.55. The molecule has 2 heteroatoms. The van der Waals surface area contributed by atoms with Crippen LogP contribution in [-0.4, -0.2) is 0 Å². The third-order valence-electron chi connectivity index (χ3n) is 5.92. The molecule has 0 atom stereocenters. The van der Waals surface area contributed by atoms with Crippen LogP contribution in [0.4, 0.5) is 0 Å². The fourth-order valence-corrected chi connectivity index (χ4v) is 4.20. The Bertz CT molecular complexity index is 1260. The van der Waals surface area contributed by atoms with Crippen molar-refractivity contribution in [1.29, 1.82) is 0 Å². The molecular weight excluding hydrogens is 428 g/mol. The first-order valence-corrected chi connectivity index (χ1v) is 12.1. The Labute approximate surface area is 209 Å². The standard InChI is InChI=1S/C33H32O2/c1-5-13-26-17-7-9-21-30(26)34-32-24(3)15-11-19-28(32)23-29-20-12-16-25(4)33(29)35-31-22-10-8-18-27(31)14-6-2/h5-22H,23H2,1-4H3/b13-5-,14-6-. The number of hydrogen-bond donors (Lipinski definition) is 0. The molecule has 0 N–H and O–H groups in total. The minimum Gasteiger partial charge on any atom is -0.456 e. The average molecular weight is 461 g/mol. The van der Waals surface area contributed by atoms with E-state index in [0.29, 0.717) is 6.42 Å². The lowest BCUT2D eigenvalue weighted by Crippen LogP contribution is -2.00. The van der Waals surface area contributed by atoms with Crippen LogP contribution in [0.2, 0.25) is 0 Å². The summed E-state index contributed by atoms with van der Waals surface area (Å²) < 4.78 is 13.1. The van der Waals surface area contributed by atoms with Crippen molar-refractivity contribution in [1.82, 2.24) is 0 Å². The van der Waals surface area contributed by atoms with Crippen LogP contribution in [0.1, 0.15) is 47.2 Å². The summed E-state index contributed by atoms with van der Waals surface area (Å²) in [4.78, 5) is 0. The van der Waals surface area contributed by atoms with Crippen molar-refractivity contribution in [2.75, 3.05) is 0 Å². The van der Waals surface area contributed by atoms with E-state index >= 15 is 0 Å². The number of para-hydroxylation sites is 4. The molecule has 0 radical (unpaired) electrons. The van der Waals surface area contributed by atoms with E-state index in [9.17, 15) is 0 Å². The fraction of sp³-hybridized carbons (Fsp3) is 0.152. The maximum atomic E-state index is 6.53. The Morgan fingerprint density at radius 2 is 0.971 bits per heavy atom. The van der Waals surface area contributed by atoms with E-state index < -0.39 is 0 Å². The molecule has 35 heavy (non-hydrogen) atoms. The first-order valence-electron chi connectivity index (χ1n) is 12.1. The lowest BCUT2D eigenvalue weighted by atomic mass is 9.99. The Morgan fingerprint density at radius 1 is 0.543 bits per heavy atom. The highest BCUT2D eigenvalue weighted by atomic mass is 16.5. The van der Waals surface area contributed by atoms with Crippen molar-refractivity contribution in [2.45, 2.75) is 34.1 Å². The van der Waals surface area contributed by atoms with E-state index in [-0.39, 0.29) is 0 Å². The van der Waals surface area contributed by atoms with Gasteiger partial charge in [-0.15, -0.1) is 0 Å². The molecule has 0 aliphatic rings. The normalized spacial score (nSPS) is 11.3. The van der Waals surface area contributed by atoms with Crippen molar-refractivity contribution in [2.24, 2.45) is 0 Å². The van der Waals surface area contributed by atoms with Crippen LogP contribution in [0.15, 0.2) is 97.1 Å². The zero-order chi connectivity index (χ0) is 24.6. The Kier molecular flexibility index (Phi) is 7.84. The monoisotopic (exact) mass is 460 g/mol. The molecule has 0 unspecified atom stereocenters. The van der Waals surface area contributed by atoms with Crippen molar-refractivity contribution in [3.8, 4) is 23.0 Å². The molecule has 0 saturated heterocycles. The molecule has 0 amide bonds. The average Bonchev–Trinajstić information content (AvgIpc) is 2.86. The van der Waals surface area contributed by atoms with Crippen molar-refractivity contribution < 1.29 is 9.47 Å². The SMILES string of the molecule is C/C=C\c1ccccc1Oc1c(C)cccc1Cc1cccc(C)c1Oc1ccccc1/C=C\C. The number of ether oxygens (including phenoxy) is 2. The molecule has 0 spiro atoms. The van der Waals surface area contributed by atoms with E-state index in [1.165, 1.54) is 0 Å². The van der Waals surface area contributed by atoms with Crippen LogP contribution in [0, 0.1) is 13.8 Å². The predicted molar refractivity (Wildman–Crippen MR) is 148 cm³/mol. The van der Waals surface area contributed by atoms with Gasteiger partial charge in [-0.05, 0) is 62.1 Å². The molecule has 0 bridgehead atoms. The minimum absolute atomic E-state index is 0.700. The second kappa shape index (κ2) is 11.4. The molecule has 176 valence electrons. The fourth-order valence-electron chi connectivity index (χ4n) is 4.20. The summed E-state index contributed by atoms with van der Waals surface area (Å²) in [5.74, 6) is 3.49. The van der Waals surface area contributed by atoms with Gasteiger partial charge in [0.2, 0.25) is 0 Å². The minimum atomic E-state index is 0.700. The summed E-state index contributed by atoms with van der Waals surface area (Å²) in [6.45, 7) is 8.23. The van der Waals surface area contributed by atoms with E-state index in [4.69, 9.17) is 9.47 Å². The molecule has 0 fully saturated rings. The van der Waals surface area contributed by atoms with Crippen LogP contribution in [-0.2, 0) is 6.42 Å². The zero-order valence-corrected chi connectivity index (χ0v) is 20.9. The van der Waals surface area contributed by atoms with Gasteiger partial charge in [-0.2, -0.15) is 0 Å². The second-order valence-electron chi connectivity index (χ2n) is 8.58. The third kappa shape index (κ3) is 5.73. The van der Waals surface area contributed by atoms with Gasteiger partial charge in [-0.3, -0.25) is 0 Å². The second-order valence-corrected chi connectivity index (χ2v) is 8.58. The van der Waals surface area contributed by atoms with Gasteiger partial charge in [0, 0.05) is 17.5 Å². The van der Waals surface area contributed by atoms with Crippen molar-refractivity contribution >= 4 is 12.2 Å². The lowest BCUT2D eigenvalue weighted by Gasteiger charge is -2.18. The topological polar surface area (TPSA) is 18.5 Å². The Hall–Kier alpha value is -4.04. The molecule has 0 aliphatic carbocycles. The zero-order valence-electron chi connectivity index (χ0n) is 20.9. The summed E-state index contributed by atoms with van der Waals surface area (Å²) in [6.07, 6.45) is 8.90. The largest absolute Gasteiger partial charge is 0.456 e. The molecule has 0 aromatic heterocycles. The van der Waals surface area contributed by atoms with Crippen molar-refractivity contribution in [3.63, 3.8) is 0 Å². The highest BCUT2D eigenvalue weighted by Gasteiger charge is 2.15. The first kappa shape index (κ1) is 24.1. The highest BCUT2D eigenvalue weighted by molar-refractivity contribution is 5.60. The quantitative estimate of drug-likeness (QED) is 0.261. The third-order valence-corrected chi connectivity index (χ3v) is 5.92. The molecule has 2 nitrogen and oxygen atoms in total. The van der Waals surface area contributed by atoms with E-state index in [1.807, 2.05) is 62.4 Å². The number of allylic oxidation sites excluding steroid dienone is 2. The Morgan fingerprint density at radius 3 is 1.40 bits per heavy atom. The van der Waals surface area contributed by atoms with Gasteiger partial charge in [-0.1, -0.05) is 97.1 Å². The van der Waals surface area contributed by atoms with Crippen LogP contribution in [0.3, 0.4) is 0 Å². The van der Waals surface area contributed by atoms with Crippen LogP contribution in [0.5, 0.6) is 23.0 Å². The molecule has 4 aromatic rings. The van der Waals surface area contributed by atoms with E-state index in [0.717, 1.165) is 56.4 Å². The van der Waals surface area contributed by atoms with Gasteiger partial charge in [0.05, 0.1) is 0 Å². The summed E-state index contributed by atoms with van der Waals surface area (Å²) in [6, 6.07) is 28.9. The van der Waals surface area contributed by atoms with Crippen LogP contribution < -0.4 is 9.47 Å². The Balaban J connectivity index is 1.72. The molecule has 0 aliphatic heterocycles. The van der Waals surface area contributed by atoms with Gasteiger partial charge in [0.1, 0.15) is 23.0 Å². The van der Waals surface area contributed by atoms with Gasteiger partial charge < -0.3 is 9.47 Å². The molecule has 0 heterocycles. The maximum Gasteiger partial charge on any atom is 0.134 e. The van der Waals surface area contributed by atoms with Gasteiger partial charge >= 0.3 is 0 Å². The molecule has 4 rings (SSSR count). The van der Waals surface area contributed by atoms with Gasteiger partial charge in [0.15, 0.2) is 0 Å².